The zero-order valence-corrected chi connectivity index (χ0v) is 15.9. The van der Waals surface area contributed by atoms with Gasteiger partial charge in [-0.15, -0.1) is 0 Å². The minimum Gasteiger partial charge on any atom is -0.423 e. The van der Waals surface area contributed by atoms with Crippen molar-refractivity contribution in [3.05, 3.63) is 35.4 Å². The van der Waals surface area contributed by atoms with Crippen LogP contribution >= 0.6 is 0 Å². The molecular weight excluding hydrogens is 322 g/mol. The van der Waals surface area contributed by atoms with Crippen LogP contribution in [0.1, 0.15) is 62.8 Å². The molecule has 4 heteroatoms. The molecule has 0 aromatic heterocycles. The van der Waals surface area contributed by atoms with Crippen LogP contribution in [0.3, 0.4) is 0 Å². The van der Waals surface area contributed by atoms with Crippen molar-refractivity contribution in [2.45, 2.75) is 69.4 Å². The van der Waals surface area contributed by atoms with Crippen molar-refractivity contribution in [2.75, 3.05) is 7.11 Å². The highest BCUT2D eigenvalue weighted by molar-refractivity contribution is 6.51. The van der Waals surface area contributed by atoms with Crippen molar-refractivity contribution < 1.29 is 13.2 Å². The molecule has 1 aliphatic heterocycles. The lowest BCUT2D eigenvalue weighted by Crippen LogP contribution is -2.24. The summed E-state index contributed by atoms with van der Waals surface area (Å²) < 4.78 is 32.1. The molecule has 1 heterocycles. The van der Waals surface area contributed by atoms with Crippen LogP contribution in [0, 0.1) is 23.5 Å². The zero-order chi connectivity index (χ0) is 16.9. The average Bonchev–Trinajstić information content (AvgIpc) is 2.63. The van der Waals surface area contributed by atoms with Crippen LogP contribution in [0.15, 0.2) is 18.2 Å². The molecule has 1 aromatic rings. The first-order valence-electron chi connectivity index (χ1n) is 9.63. The highest BCUT2D eigenvalue weighted by atomic mass is 28.3. The molecule has 1 saturated carbocycles. The van der Waals surface area contributed by atoms with E-state index in [0.717, 1.165) is 30.2 Å². The molecule has 0 unspecified atom stereocenters. The standard InChI is InChI=1S/C20H30F2OSi/c1-23-24-12-10-16(11-13-24)3-2-15-4-6-17(7-5-15)18-8-9-19(21)20(22)14-18/h8-9,14-17,24H,2-7,10-13H2,1H3/t15-,16-,17-,24-. The minimum absolute atomic E-state index is 0.416. The highest BCUT2D eigenvalue weighted by Gasteiger charge is 2.26. The number of benzene rings is 1. The lowest BCUT2D eigenvalue weighted by atomic mass is 9.76. The highest BCUT2D eigenvalue weighted by Crippen LogP contribution is 2.39. The molecule has 24 heavy (non-hydrogen) atoms. The van der Waals surface area contributed by atoms with E-state index in [2.05, 4.69) is 0 Å². The smallest absolute Gasteiger partial charge is 0.176 e. The van der Waals surface area contributed by atoms with Crippen molar-refractivity contribution in [3.8, 4) is 0 Å². The molecule has 1 aromatic carbocycles. The van der Waals surface area contributed by atoms with E-state index in [1.165, 1.54) is 62.7 Å². The maximum Gasteiger partial charge on any atom is 0.176 e. The van der Waals surface area contributed by atoms with Gasteiger partial charge in [0, 0.05) is 7.11 Å². The lowest BCUT2D eigenvalue weighted by Gasteiger charge is -2.31. The topological polar surface area (TPSA) is 9.23 Å². The van der Waals surface area contributed by atoms with Gasteiger partial charge >= 0.3 is 0 Å². The van der Waals surface area contributed by atoms with Crippen LogP contribution in [0.5, 0.6) is 0 Å². The summed E-state index contributed by atoms with van der Waals surface area (Å²) in [6, 6.07) is 7.17. The Labute approximate surface area is 146 Å². The van der Waals surface area contributed by atoms with Crippen molar-refractivity contribution in [3.63, 3.8) is 0 Å². The van der Waals surface area contributed by atoms with Gasteiger partial charge in [-0.2, -0.15) is 0 Å². The molecule has 134 valence electrons. The van der Waals surface area contributed by atoms with E-state index in [-0.39, 0.29) is 0 Å². The largest absolute Gasteiger partial charge is 0.423 e. The van der Waals surface area contributed by atoms with Crippen LogP contribution in [-0.4, -0.2) is 16.2 Å². The summed E-state index contributed by atoms with van der Waals surface area (Å²) >= 11 is 0. The quantitative estimate of drug-likeness (QED) is 0.609. The van der Waals surface area contributed by atoms with Gasteiger partial charge in [0.15, 0.2) is 20.7 Å². The van der Waals surface area contributed by atoms with Crippen LogP contribution < -0.4 is 0 Å². The molecule has 2 aliphatic rings. The van der Waals surface area contributed by atoms with Gasteiger partial charge in [0.1, 0.15) is 0 Å². The number of halogens is 2. The third kappa shape index (κ3) is 4.66. The number of rotatable bonds is 5. The van der Waals surface area contributed by atoms with Crippen LogP contribution in [0.4, 0.5) is 8.78 Å². The molecule has 0 N–H and O–H groups in total. The number of hydrogen-bond acceptors (Lipinski definition) is 1. The Morgan fingerprint density at radius 3 is 2.12 bits per heavy atom. The summed E-state index contributed by atoms with van der Waals surface area (Å²) in [6.45, 7) is 0. The Balaban J connectivity index is 1.40. The molecule has 1 saturated heterocycles. The molecule has 2 fully saturated rings. The zero-order valence-electron chi connectivity index (χ0n) is 14.8. The summed E-state index contributed by atoms with van der Waals surface area (Å²) in [7, 11) is 1.08. The third-order valence-electron chi connectivity index (χ3n) is 6.37. The van der Waals surface area contributed by atoms with E-state index in [1.54, 1.807) is 6.07 Å². The molecule has 3 rings (SSSR count). The number of hydrogen-bond donors (Lipinski definition) is 0. The summed E-state index contributed by atoms with van der Waals surface area (Å²) in [5.41, 5.74) is 0.982. The maximum atomic E-state index is 13.4. The van der Waals surface area contributed by atoms with Gasteiger partial charge < -0.3 is 4.43 Å². The molecule has 0 atom stereocenters. The van der Waals surface area contributed by atoms with Gasteiger partial charge in [0.2, 0.25) is 0 Å². The van der Waals surface area contributed by atoms with Gasteiger partial charge in [-0.25, -0.2) is 8.78 Å². The fourth-order valence-electron chi connectivity index (χ4n) is 4.68. The Bertz CT molecular complexity index is 520. The molecule has 0 spiro atoms. The summed E-state index contributed by atoms with van der Waals surface area (Å²) in [5, 5.41) is 0. The second kappa shape index (κ2) is 8.57. The maximum absolute atomic E-state index is 13.4. The molecule has 0 radical (unpaired) electrons. The first-order valence-corrected chi connectivity index (χ1v) is 11.7. The first kappa shape index (κ1) is 18.1. The first-order chi connectivity index (χ1) is 11.7. The van der Waals surface area contributed by atoms with Gasteiger partial charge in [-0.1, -0.05) is 31.7 Å². The van der Waals surface area contributed by atoms with E-state index in [0.29, 0.717) is 5.92 Å². The molecular formula is C20H30F2OSi. The molecule has 0 bridgehead atoms. The minimum atomic E-state index is -0.811. The Morgan fingerprint density at radius 2 is 1.54 bits per heavy atom. The molecule has 1 nitrogen and oxygen atoms in total. The summed E-state index contributed by atoms with van der Waals surface area (Å²) in [5.74, 6) is 0.736. The van der Waals surface area contributed by atoms with Crippen LogP contribution in [0.25, 0.3) is 0 Å². The van der Waals surface area contributed by atoms with E-state index < -0.39 is 20.7 Å². The molecule has 0 amide bonds. The van der Waals surface area contributed by atoms with Crippen molar-refractivity contribution in [1.82, 2.24) is 0 Å². The Hall–Kier alpha value is -0.743. The van der Waals surface area contributed by atoms with Gasteiger partial charge in [-0.3, -0.25) is 0 Å². The van der Waals surface area contributed by atoms with E-state index in [4.69, 9.17) is 4.43 Å². The predicted octanol–water partition coefficient (Wildman–Crippen LogP) is 5.80. The van der Waals surface area contributed by atoms with Crippen LogP contribution in [-0.2, 0) is 4.43 Å². The fourth-order valence-corrected chi connectivity index (χ4v) is 7.12. The SMILES string of the molecule is CO[Si@H]1CC[C@H](CC[C@H]2CC[C@H](c3ccc(F)c(F)c3)CC2)CC1. The third-order valence-corrected chi connectivity index (χ3v) is 8.99. The van der Waals surface area contributed by atoms with Crippen molar-refractivity contribution >= 4 is 9.04 Å². The molecule has 1 aliphatic carbocycles. The fraction of sp³-hybridized carbons (Fsp3) is 0.700. The van der Waals surface area contributed by atoms with Gasteiger partial charge in [0.25, 0.3) is 0 Å². The van der Waals surface area contributed by atoms with Gasteiger partial charge in [0.05, 0.1) is 0 Å². The Morgan fingerprint density at radius 1 is 0.917 bits per heavy atom. The Kier molecular flexibility index (Phi) is 6.45. The van der Waals surface area contributed by atoms with Gasteiger partial charge in [-0.05, 0) is 73.2 Å². The second-order valence-corrected chi connectivity index (χ2v) is 10.7. The van der Waals surface area contributed by atoms with Crippen molar-refractivity contribution in [2.24, 2.45) is 11.8 Å². The van der Waals surface area contributed by atoms with E-state index in [9.17, 15) is 8.78 Å². The normalized spacial score (nSPS) is 31.1. The van der Waals surface area contributed by atoms with E-state index >= 15 is 0 Å². The summed E-state index contributed by atoms with van der Waals surface area (Å²) in [6.07, 6.45) is 10.2. The van der Waals surface area contributed by atoms with Crippen molar-refractivity contribution in [1.29, 1.82) is 0 Å². The lowest BCUT2D eigenvalue weighted by molar-refractivity contribution is 0.276. The summed E-state index contributed by atoms with van der Waals surface area (Å²) in [4.78, 5) is 0. The average molecular weight is 353 g/mol. The second-order valence-electron chi connectivity index (χ2n) is 7.85. The monoisotopic (exact) mass is 352 g/mol. The van der Waals surface area contributed by atoms with Crippen LogP contribution in [0.2, 0.25) is 12.1 Å². The van der Waals surface area contributed by atoms with E-state index in [1.807, 2.05) is 7.11 Å². The predicted molar refractivity (Wildman–Crippen MR) is 96.8 cm³/mol.